The van der Waals surface area contributed by atoms with E-state index in [1.165, 1.54) is 11.3 Å². The number of thiophene rings is 1. The third-order valence-corrected chi connectivity index (χ3v) is 4.30. The summed E-state index contributed by atoms with van der Waals surface area (Å²) in [7, 11) is 1.60. The maximum Gasteiger partial charge on any atom is 0.312 e. The van der Waals surface area contributed by atoms with Gasteiger partial charge in [0.15, 0.2) is 11.5 Å². The minimum atomic E-state index is -0.811. The molecule has 0 aliphatic rings. The van der Waals surface area contributed by atoms with Crippen molar-refractivity contribution in [1.82, 2.24) is 0 Å². The van der Waals surface area contributed by atoms with Crippen LogP contribution in [-0.4, -0.2) is 24.8 Å². The van der Waals surface area contributed by atoms with E-state index in [4.69, 9.17) is 9.47 Å². The summed E-state index contributed by atoms with van der Waals surface area (Å²) in [5, 5.41) is 11.4. The SMILES string of the molecule is CCCOc1cc(CC(C(=O)O)c2cccs2)ccc1OC. The highest BCUT2D eigenvalue weighted by Crippen LogP contribution is 2.31. The molecule has 0 amide bonds. The van der Waals surface area contributed by atoms with Gasteiger partial charge in [0.05, 0.1) is 19.6 Å². The first-order valence-corrected chi connectivity index (χ1v) is 8.09. The van der Waals surface area contributed by atoms with Gasteiger partial charge in [-0.25, -0.2) is 0 Å². The van der Waals surface area contributed by atoms with E-state index in [0.717, 1.165) is 16.9 Å². The second kappa shape index (κ2) is 7.84. The number of benzene rings is 1. The van der Waals surface area contributed by atoms with E-state index in [0.29, 0.717) is 24.5 Å². The van der Waals surface area contributed by atoms with Crippen molar-refractivity contribution >= 4 is 17.3 Å². The monoisotopic (exact) mass is 320 g/mol. The fourth-order valence-corrected chi connectivity index (χ4v) is 3.03. The Morgan fingerprint density at radius 2 is 2.14 bits per heavy atom. The van der Waals surface area contributed by atoms with Crippen molar-refractivity contribution < 1.29 is 19.4 Å². The fourth-order valence-electron chi connectivity index (χ4n) is 2.21. The number of rotatable bonds is 8. The van der Waals surface area contributed by atoms with Crippen LogP contribution in [-0.2, 0) is 11.2 Å². The zero-order valence-corrected chi connectivity index (χ0v) is 13.6. The van der Waals surface area contributed by atoms with Gasteiger partial charge in [-0.15, -0.1) is 11.3 Å². The van der Waals surface area contributed by atoms with E-state index in [2.05, 4.69) is 0 Å². The summed E-state index contributed by atoms with van der Waals surface area (Å²) in [6.07, 6.45) is 1.34. The van der Waals surface area contributed by atoms with Crippen LogP contribution in [0.5, 0.6) is 11.5 Å². The summed E-state index contributed by atoms with van der Waals surface area (Å²) in [5.41, 5.74) is 0.924. The van der Waals surface area contributed by atoms with Crippen molar-refractivity contribution in [2.45, 2.75) is 25.7 Å². The summed E-state index contributed by atoms with van der Waals surface area (Å²) in [5.74, 6) is -0.0147. The van der Waals surface area contributed by atoms with Gasteiger partial charge in [-0.1, -0.05) is 19.1 Å². The summed E-state index contributed by atoms with van der Waals surface area (Å²) < 4.78 is 11.0. The molecule has 0 spiro atoms. The van der Waals surface area contributed by atoms with Crippen LogP contribution in [0.15, 0.2) is 35.7 Å². The first-order valence-electron chi connectivity index (χ1n) is 7.21. The van der Waals surface area contributed by atoms with E-state index < -0.39 is 11.9 Å². The van der Waals surface area contributed by atoms with Crippen molar-refractivity contribution in [3.05, 3.63) is 46.2 Å². The number of carboxylic acids is 1. The molecule has 0 radical (unpaired) electrons. The Balaban J connectivity index is 2.22. The van der Waals surface area contributed by atoms with Crippen LogP contribution in [0.4, 0.5) is 0 Å². The molecule has 0 bridgehead atoms. The van der Waals surface area contributed by atoms with Gasteiger partial charge in [0.2, 0.25) is 0 Å². The van der Waals surface area contributed by atoms with E-state index in [-0.39, 0.29) is 0 Å². The normalized spacial score (nSPS) is 11.9. The summed E-state index contributed by atoms with van der Waals surface area (Å²) >= 11 is 1.47. The van der Waals surface area contributed by atoms with Gasteiger partial charge in [0.1, 0.15) is 0 Å². The smallest absolute Gasteiger partial charge is 0.312 e. The van der Waals surface area contributed by atoms with Gasteiger partial charge >= 0.3 is 5.97 Å². The third-order valence-electron chi connectivity index (χ3n) is 3.31. The Morgan fingerprint density at radius 3 is 2.73 bits per heavy atom. The molecule has 0 aliphatic carbocycles. The second-order valence-electron chi connectivity index (χ2n) is 4.94. The molecule has 0 aliphatic heterocycles. The largest absolute Gasteiger partial charge is 0.493 e. The van der Waals surface area contributed by atoms with Gasteiger partial charge in [-0.05, 0) is 42.0 Å². The minimum Gasteiger partial charge on any atom is -0.493 e. The van der Waals surface area contributed by atoms with Crippen LogP contribution in [0.1, 0.15) is 29.7 Å². The maximum atomic E-state index is 11.5. The number of aliphatic carboxylic acids is 1. The van der Waals surface area contributed by atoms with Gasteiger partial charge in [0, 0.05) is 4.88 Å². The van der Waals surface area contributed by atoms with Crippen molar-refractivity contribution in [1.29, 1.82) is 0 Å². The first-order chi connectivity index (χ1) is 10.7. The lowest BCUT2D eigenvalue weighted by Crippen LogP contribution is -2.13. The molecule has 1 aromatic carbocycles. The lowest BCUT2D eigenvalue weighted by atomic mass is 9.97. The van der Waals surface area contributed by atoms with E-state index >= 15 is 0 Å². The van der Waals surface area contributed by atoms with E-state index in [1.54, 1.807) is 7.11 Å². The van der Waals surface area contributed by atoms with Crippen LogP contribution in [0.2, 0.25) is 0 Å². The van der Waals surface area contributed by atoms with Crippen LogP contribution in [0.3, 0.4) is 0 Å². The Morgan fingerprint density at radius 1 is 1.32 bits per heavy atom. The Kier molecular flexibility index (Phi) is 5.83. The van der Waals surface area contributed by atoms with Gasteiger partial charge < -0.3 is 14.6 Å². The number of methoxy groups -OCH3 is 1. The highest BCUT2D eigenvalue weighted by molar-refractivity contribution is 7.10. The third kappa shape index (κ3) is 4.01. The molecule has 5 heteroatoms. The van der Waals surface area contributed by atoms with E-state index in [1.807, 2.05) is 42.6 Å². The summed E-state index contributed by atoms with van der Waals surface area (Å²) in [4.78, 5) is 12.4. The molecule has 1 aromatic heterocycles. The predicted octanol–water partition coefficient (Wildman–Crippen LogP) is 3.96. The molecule has 0 fully saturated rings. The van der Waals surface area contributed by atoms with Crippen molar-refractivity contribution in [3.63, 3.8) is 0 Å². The molecule has 2 rings (SSSR count). The quantitative estimate of drug-likeness (QED) is 0.800. The Bertz CT molecular complexity index is 607. The molecular weight excluding hydrogens is 300 g/mol. The van der Waals surface area contributed by atoms with E-state index in [9.17, 15) is 9.90 Å². The molecule has 1 atom stereocenters. The lowest BCUT2D eigenvalue weighted by molar-refractivity contribution is -0.138. The maximum absolute atomic E-state index is 11.5. The molecule has 2 aromatic rings. The molecular formula is C17H20O4S. The average Bonchev–Trinajstić information content (AvgIpc) is 3.04. The number of hydrogen-bond acceptors (Lipinski definition) is 4. The molecule has 1 N–H and O–H groups in total. The highest BCUT2D eigenvalue weighted by atomic mass is 32.1. The Hall–Kier alpha value is -2.01. The minimum absolute atomic E-state index is 0.433. The lowest BCUT2D eigenvalue weighted by Gasteiger charge is -2.14. The fraction of sp³-hybridized carbons (Fsp3) is 0.353. The van der Waals surface area contributed by atoms with Gasteiger partial charge in [-0.2, -0.15) is 0 Å². The molecule has 118 valence electrons. The van der Waals surface area contributed by atoms with Crippen LogP contribution >= 0.6 is 11.3 Å². The average molecular weight is 320 g/mol. The number of carboxylic acid groups (broad SMARTS) is 1. The molecule has 4 nitrogen and oxygen atoms in total. The zero-order chi connectivity index (χ0) is 15.9. The van der Waals surface area contributed by atoms with Crippen molar-refractivity contribution in [2.75, 3.05) is 13.7 Å². The standard InChI is InChI=1S/C17H20O4S/c1-3-8-21-15-11-12(6-7-14(15)20-2)10-13(17(18)19)16-5-4-9-22-16/h4-7,9,11,13H,3,8,10H2,1-2H3,(H,18,19). The van der Waals surface area contributed by atoms with Gasteiger partial charge in [-0.3, -0.25) is 4.79 Å². The Labute approximate surface area is 134 Å². The van der Waals surface area contributed by atoms with Crippen LogP contribution in [0, 0.1) is 0 Å². The number of carbonyl (C=O) groups is 1. The number of hydrogen-bond donors (Lipinski definition) is 1. The van der Waals surface area contributed by atoms with Crippen molar-refractivity contribution in [2.24, 2.45) is 0 Å². The second-order valence-corrected chi connectivity index (χ2v) is 5.92. The molecule has 22 heavy (non-hydrogen) atoms. The topological polar surface area (TPSA) is 55.8 Å². The molecule has 0 saturated carbocycles. The molecule has 1 heterocycles. The molecule has 0 saturated heterocycles. The number of ether oxygens (including phenoxy) is 2. The van der Waals surface area contributed by atoms with Crippen LogP contribution in [0.25, 0.3) is 0 Å². The van der Waals surface area contributed by atoms with Crippen LogP contribution < -0.4 is 9.47 Å². The van der Waals surface area contributed by atoms with Gasteiger partial charge in [0.25, 0.3) is 0 Å². The highest BCUT2D eigenvalue weighted by Gasteiger charge is 2.22. The summed E-state index contributed by atoms with van der Waals surface area (Å²) in [6.45, 7) is 2.64. The zero-order valence-electron chi connectivity index (χ0n) is 12.7. The van der Waals surface area contributed by atoms with Crippen molar-refractivity contribution in [3.8, 4) is 11.5 Å². The summed E-state index contributed by atoms with van der Waals surface area (Å²) in [6, 6.07) is 9.33. The molecule has 1 unspecified atom stereocenters. The predicted molar refractivity (Wildman–Crippen MR) is 87.2 cm³/mol. The first kappa shape index (κ1) is 16.4.